The zero-order chi connectivity index (χ0) is 28.8. The van der Waals surface area contributed by atoms with Crippen molar-refractivity contribution < 1.29 is 38.6 Å². The fraction of sp³-hybridized carbons (Fsp3) is 0.767. The van der Waals surface area contributed by atoms with E-state index in [1.807, 2.05) is 6.92 Å². The molecule has 3 fully saturated rings. The number of aliphatic hydroxyl groups is 1. The summed E-state index contributed by atoms with van der Waals surface area (Å²) in [5.74, 6) is -1.12. The Morgan fingerprint density at radius 3 is 2.51 bits per heavy atom. The highest BCUT2D eigenvalue weighted by atomic mass is 16.6. The molecule has 0 saturated heterocycles. The molecule has 216 valence electrons. The second kappa shape index (κ2) is 10.5. The maximum absolute atomic E-state index is 13.7. The van der Waals surface area contributed by atoms with Crippen LogP contribution < -0.4 is 5.32 Å². The Morgan fingerprint density at radius 2 is 1.82 bits per heavy atom. The Bertz CT molecular complexity index is 1090. The number of carbonyl (C=O) groups excluding carboxylic acids is 5. The minimum absolute atomic E-state index is 0.000201. The van der Waals surface area contributed by atoms with E-state index in [2.05, 4.69) is 12.2 Å². The molecule has 0 spiro atoms. The van der Waals surface area contributed by atoms with Gasteiger partial charge in [-0.2, -0.15) is 0 Å². The zero-order valence-corrected chi connectivity index (χ0v) is 23.9. The molecule has 0 heterocycles. The molecular weight excluding hydrogens is 502 g/mol. The molecule has 0 aromatic carbocycles. The van der Waals surface area contributed by atoms with Crippen molar-refractivity contribution in [1.82, 2.24) is 5.32 Å². The fourth-order valence-corrected chi connectivity index (χ4v) is 7.92. The van der Waals surface area contributed by atoms with E-state index in [0.717, 1.165) is 18.4 Å². The van der Waals surface area contributed by atoms with Crippen LogP contribution in [0.3, 0.4) is 0 Å². The van der Waals surface area contributed by atoms with E-state index in [1.54, 1.807) is 26.8 Å². The summed E-state index contributed by atoms with van der Waals surface area (Å²) in [6.07, 6.45) is 5.10. The molecule has 0 bridgehead atoms. The molecule has 0 radical (unpaired) electrons. The number of allylic oxidation sites excluding steroid dienone is 1. The topological polar surface area (TPSA) is 136 Å². The summed E-state index contributed by atoms with van der Waals surface area (Å²) < 4.78 is 10.3. The van der Waals surface area contributed by atoms with Crippen LogP contribution in [0.15, 0.2) is 11.6 Å². The van der Waals surface area contributed by atoms with Crippen LogP contribution in [0.1, 0.15) is 92.4 Å². The second-order valence-corrected chi connectivity index (χ2v) is 13.4. The van der Waals surface area contributed by atoms with Gasteiger partial charge in [-0.05, 0) is 82.6 Å². The van der Waals surface area contributed by atoms with Crippen molar-refractivity contribution in [2.45, 2.75) is 104 Å². The lowest BCUT2D eigenvalue weighted by atomic mass is 9.46. The highest BCUT2D eigenvalue weighted by Gasteiger charge is 2.68. The number of hydrogen-bond acceptors (Lipinski definition) is 8. The third-order valence-electron chi connectivity index (χ3n) is 9.86. The monoisotopic (exact) mass is 545 g/mol. The first-order valence-corrected chi connectivity index (χ1v) is 14.3. The number of hydrogen-bond donors (Lipinski definition) is 2. The second-order valence-electron chi connectivity index (χ2n) is 13.4. The van der Waals surface area contributed by atoms with Gasteiger partial charge in [-0.15, -0.1) is 0 Å². The molecule has 0 aromatic heterocycles. The minimum Gasteiger partial charge on any atom is -0.458 e. The van der Waals surface area contributed by atoms with Gasteiger partial charge >= 0.3 is 12.1 Å². The first-order chi connectivity index (χ1) is 18.1. The van der Waals surface area contributed by atoms with Crippen molar-refractivity contribution in [2.75, 3.05) is 13.2 Å². The Hall–Kier alpha value is -2.55. The molecule has 0 aromatic rings. The molecule has 1 amide bonds. The Kier molecular flexibility index (Phi) is 7.89. The standard InChI is InChI=1S/C30H43NO8/c1-27(2,3)39-26(36)31-14-6-7-24(35)38-17-23(34)30(37)13-11-21-20-9-8-18-15-19(32)10-12-28(18,4)25(20)22(33)16-29(21,30)5/h15,20-21,25,37H,6-14,16-17H2,1-5H3,(H,31,36)/t20-,21-,25+,28-,29-,30-/m0/s1. The van der Waals surface area contributed by atoms with Crippen LogP contribution >= 0.6 is 0 Å². The van der Waals surface area contributed by atoms with Crippen LogP contribution in [-0.2, 0) is 28.7 Å². The Morgan fingerprint density at radius 1 is 1.10 bits per heavy atom. The zero-order valence-electron chi connectivity index (χ0n) is 23.9. The lowest BCUT2D eigenvalue weighted by Gasteiger charge is -2.57. The lowest BCUT2D eigenvalue weighted by molar-refractivity contribution is -0.173. The number of ether oxygens (including phenoxy) is 2. The Balaban J connectivity index is 1.35. The van der Waals surface area contributed by atoms with E-state index >= 15 is 0 Å². The smallest absolute Gasteiger partial charge is 0.407 e. The van der Waals surface area contributed by atoms with Gasteiger partial charge in [0, 0.05) is 37.1 Å². The van der Waals surface area contributed by atoms with E-state index in [9.17, 15) is 29.1 Å². The van der Waals surface area contributed by atoms with E-state index in [-0.39, 0.29) is 60.5 Å². The van der Waals surface area contributed by atoms with Crippen LogP contribution in [0.25, 0.3) is 0 Å². The Labute approximate surface area is 230 Å². The van der Waals surface area contributed by atoms with Crippen molar-refractivity contribution in [3.63, 3.8) is 0 Å². The minimum atomic E-state index is -1.74. The summed E-state index contributed by atoms with van der Waals surface area (Å²) in [5.41, 5.74) is -2.54. The summed E-state index contributed by atoms with van der Waals surface area (Å²) in [6.45, 7) is 8.89. The number of carbonyl (C=O) groups is 5. The number of fused-ring (bicyclic) bond motifs is 5. The van der Waals surface area contributed by atoms with Crippen LogP contribution in [-0.4, -0.2) is 58.9 Å². The molecule has 0 unspecified atom stereocenters. The van der Waals surface area contributed by atoms with E-state index in [0.29, 0.717) is 25.7 Å². The van der Waals surface area contributed by atoms with E-state index in [4.69, 9.17) is 9.47 Å². The van der Waals surface area contributed by atoms with Gasteiger partial charge in [0.1, 0.15) is 17.0 Å². The van der Waals surface area contributed by atoms with Gasteiger partial charge in [-0.1, -0.05) is 19.4 Å². The first kappa shape index (κ1) is 29.4. The molecule has 3 saturated carbocycles. The maximum Gasteiger partial charge on any atom is 0.407 e. The first-order valence-electron chi connectivity index (χ1n) is 14.3. The molecule has 4 aliphatic rings. The van der Waals surface area contributed by atoms with E-state index in [1.165, 1.54) is 0 Å². The molecule has 4 aliphatic carbocycles. The molecule has 4 rings (SSSR count). The number of rotatable bonds is 7. The van der Waals surface area contributed by atoms with Crippen molar-refractivity contribution >= 4 is 29.4 Å². The molecule has 6 atom stereocenters. The van der Waals surface area contributed by atoms with Crippen molar-refractivity contribution in [3.05, 3.63) is 11.6 Å². The average Bonchev–Trinajstić information content (AvgIpc) is 3.10. The van der Waals surface area contributed by atoms with Gasteiger partial charge in [-0.25, -0.2) is 4.79 Å². The van der Waals surface area contributed by atoms with Gasteiger partial charge in [0.25, 0.3) is 0 Å². The average molecular weight is 546 g/mol. The maximum atomic E-state index is 13.7. The molecule has 0 aliphatic heterocycles. The number of amides is 1. The van der Waals surface area contributed by atoms with Gasteiger partial charge in [-0.3, -0.25) is 19.2 Å². The quantitative estimate of drug-likeness (QED) is 0.364. The molecular formula is C30H43NO8. The summed E-state index contributed by atoms with van der Waals surface area (Å²) in [7, 11) is 0. The van der Waals surface area contributed by atoms with Crippen LogP contribution in [0.4, 0.5) is 4.79 Å². The highest BCUT2D eigenvalue weighted by Crippen LogP contribution is 2.66. The molecule has 2 N–H and O–H groups in total. The van der Waals surface area contributed by atoms with Gasteiger partial charge in [0.2, 0.25) is 5.78 Å². The number of alkyl carbamates (subject to hydrolysis) is 1. The number of ketones is 3. The lowest BCUT2D eigenvalue weighted by Crippen LogP contribution is -2.61. The van der Waals surface area contributed by atoms with Gasteiger partial charge in [0.15, 0.2) is 12.4 Å². The molecule has 39 heavy (non-hydrogen) atoms. The predicted molar refractivity (Wildman–Crippen MR) is 141 cm³/mol. The third-order valence-corrected chi connectivity index (χ3v) is 9.86. The summed E-state index contributed by atoms with van der Waals surface area (Å²) in [6, 6.07) is 0. The van der Waals surface area contributed by atoms with Gasteiger partial charge in [0.05, 0.1) is 0 Å². The van der Waals surface area contributed by atoms with Crippen molar-refractivity contribution in [1.29, 1.82) is 0 Å². The van der Waals surface area contributed by atoms with Crippen molar-refractivity contribution in [2.24, 2.45) is 28.6 Å². The normalized spacial score (nSPS) is 35.7. The van der Waals surface area contributed by atoms with Crippen molar-refractivity contribution in [3.8, 4) is 0 Å². The molecule has 9 nitrogen and oxygen atoms in total. The fourth-order valence-electron chi connectivity index (χ4n) is 7.92. The molecule has 9 heteroatoms. The summed E-state index contributed by atoms with van der Waals surface area (Å²) >= 11 is 0. The van der Waals surface area contributed by atoms with Crippen LogP contribution in [0, 0.1) is 28.6 Å². The number of esters is 1. The van der Waals surface area contributed by atoms with Gasteiger partial charge < -0.3 is 19.9 Å². The van der Waals surface area contributed by atoms with Crippen LogP contribution in [0.5, 0.6) is 0 Å². The predicted octanol–water partition coefficient (Wildman–Crippen LogP) is 3.85. The SMILES string of the molecule is CC(C)(C)OC(=O)NCCCC(=O)OCC(=O)[C@@]1(O)CC[C@H]2[C@@H]3CCC4=CC(=O)CC[C@]4(C)[C@H]3C(=O)C[C@@]21C. The number of Topliss-reactive ketones (excluding diaryl/α,β-unsaturated/α-hetero) is 2. The largest absolute Gasteiger partial charge is 0.458 e. The van der Waals surface area contributed by atoms with E-state index < -0.39 is 41.1 Å². The highest BCUT2D eigenvalue weighted by molar-refractivity contribution is 5.95. The number of nitrogens with one attached hydrogen (secondary N) is 1. The third kappa shape index (κ3) is 5.43. The summed E-state index contributed by atoms with van der Waals surface area (Å²) in [4.78, 5) is 63.0. The summed E-state index contributed by atoms with van der Waals surface area (Å²) in [5, 5.41) is 14.3. The van der Waals surface area contributed by atoms with Crippen LogP contribution in [0.2, 0.25) is 0 Å².